The van der Waals surface area contributed by atoms with E-state index in [0.29, 0.717) is 25.7 Å². The van der Waals surface area contributed by atoms with E-state index >= 15 is 0 Å². The minimum absolute atomic E-state index is 0.135. The normalized spacial score (nSPS) is 18.4. The molecule has 1 atom stereocenters. The summed E-state index contributed by atoms with van der Waals surface area (Å²) in [6.45, 7) is 6.79. The summed E-state index contributed by atoms with van der Waals surface area (Å²) in [5, 5.41) is 10.3. The Kier molecular flexibility index (Phi) is 5.69. The number of aromatic amines is 1. The highest BCUT2D eigenvalue weighted by molar-refractivity contribution is 5.90. The Bertz CT molecular complexity index is 454. The van der Waals surface area contributed by atoms with Crippen molar-refractivity contribution in [2.45, 2.75) is 38.6 Å². The third kappa shape index (κ3) is 4.25. The van der Waals surface area contributed by atoms with E-state index < -0.39 is 0 Å². The van der Waals surface area contributed by atoms with Gasteiger partial charge < -0.3 is 15.0 Å². The molecule has 1 aromatic rings. The number of hydrogen-bond acceptors (Lipinski definition) is 5. The van der Waals surface area contributed by atoms with Crippen molar-refractivity contribution in [1.29, 1.82) is 0 Å². The monoisotopic (exact) mass is 295 g/mol. The highest BCUT2D eigenvalue weighted by Crippen LogP contribution is 2.11. The molecule has 0 spiro atoms. The predicted octanol–water partition coefficient (Wildman–Crippen LogP) is 0.769. The fourth-order valence-corrected chi connectivity index (χ4v) is 2.43. The highest BCUT2D eigenvalue weighted by Gasteiger charge is 2.25. The summed E-state index contributed by atoms with van der Waals surface area (Å²) in [4.78, 5) is 18.6. The van der Waals surface area contributed by atoms with Gasteiger partial charge in [0.1, 0.15) is 5.82 Å². The second-order valence-electron chi connectivity index (χ2n) is 5.74. The highest BCUT2D eigenvalue weighted by atomic mass is 16.5. The topological polar surface area (TPSA) is 83.1 Å². The molecule has 118 valence electrons. The number of nitrogens with one attached hydrogen (secondary N) is 2. The van der Waals surface area contributed by atoms with Gasteiger partial charge in [0.05, 0.1) is 6.61 Å². The lowest BCUT2D eigenvalue weighted by molar-refractivity contribution is 0.0667. The Morgan fingerprint density at radius 3 is 2.90 bits per heavy atom. The minimum atomic E-state index is -0.135. The van der Waals surface area contributed by atoms with Crippen molar-refractivity contribution in [3.05, 3.63) is 11.6 Å². The molecule has 2 rings (SSSR count). The first-order chi connectivity index (χ1) is 10.1. The lowest BCUT2D eigenvalue weighted by atomic mass is 10.2. The van der Waals surface area contributed by atoms with Crippen LogP contribution in [0.2, 0.25) is 0 Å². The van der Waals surface area contributed by atoms with Gasteiger partial charge in [0.2, 0.25) is 5.82 Å². The Morgan fingerprint density at radius 1 is 1.52 bits per heavy atom. The Morgan fingerprint density at radius 2 is 2.33 bits per heavy atom. The summed E-state index contributed by atoms with van der Waals surface area (Å²) in [6, 6.07) is 0.356. The summed E-state index contributed by atoms with van der Waals surface area (Å²) in [6.07, 6.45) is 2.26. The number of carbonyl (C=O) groups excluding carboxylic acids is 1. The van der Waals surface area contributed by atoms with Gasteiger partial charge in [-0.25, -0.2) is 4.98 Å². The second-order valence-corrected chi connectivity index (χ2v) is 5.74. The first kappa shape index (κ1) is 15.9. The fourth-order valence-electron chi connectivity index (χ4n) is 2.43. The van der Waals surface area contributed by atoms with Crippen molar-refractivity contribution in [1.82, 2.24) is 25.4 Å². The first-order valence-corrected chi connectivity index (χ1v) is 7.55. The zero-order chi connectivity index (χ0) is 15.2. The van der Waals surface area contributed by atoms with E-state index in [2.05, 4.69) is 20.5 Å². The molecular weight excluding hydrogens is 270 g/mol. The molecule has 7 heteroatoms. The van der Waals surface area contributed by atoms with Crippen molar-refractivity contribution in [2.75, 3.05) is 33.4 Å². The number of ether oxygens (including phenoxy) is 1. The van der Waals surface area contributed by atoms with Crippen LogP contribution in [0.25, 0.3) is 0 Å². The van der Waals surface area contributed by atoms with Gasteiger partial charge in [-0.3, -0.25) is 9.89 Å². The van der Waals surface area contributed by atoms with E-state index in [1.54, 1.807) is 12.0 Å². The van der Waals surface area contributed by atoms with Crippen molar-refractivity contribution in [3.63, 3.8) is 0 Å². The number of H-pyrrole nitrogens is 1. The SMILES string of the molecule is COCCN(CC1CCCN1)C(=O)c1n[nH]c(C(C)C)n1. The molecule has 1 fully saturated rings. The van der Waals surface area contributed by atoms with Crippen LogP contribution < -0.4 is 5.32 Å². The molecular formula is C14H25N5O2. The van der Waals surface area contributed by atoms with Crippen LogP contribution in [-0.2, 0) is 4.74 Å². The largest absolute Gasteiger partial charge is 0.383 e. The molecule has 0 aromatic carbocycles. The van der Waals surface area contributed by atoms with E-state index in [1.807, 2.05) is 13.8 Å². The molecule has 0 saturated carbocycles. The average molecular weight is 295 g/mol. The molecule has 7 nitrogen and oxygen atoms in total. The number of amides is 1. The zero-order valence-corrected chi connectivity index (χ0v) is 13.1. The Balaban J connectivity index is 2.04. The standard InChI is InChI=1S/C14H25N5O2/c1-10(2)12-16-13(18-17-12)14(20)19(7-8-21-3)9-11-5-4-6-15-11/h10-11,15H,4-9H2,1-3H3,(H,16,17,18). The van der Waals surface area contributed by atoms with Crippen LogP contribution in [-0.4, -0.2) is 65.4 Å². The number of nitrogens with zero attached hydrogens (tertiary/aromatic N) is 3. The Hall–Kier alpha value is -1.47. The molecule has 0 radical (unpaired) electrons. The molecule has 1 aliphatic heterocycles. The third-order valence-electron chi connectivity index (χ3n) is 3.70. The summed E-state index contributed by atoms with van der Waals surface area (Å²) in [7, 11) is 1.64. The number of aromatic nitrogens is 3. The minimum Gasteiger partial charge on any atom is -0.383 e. The molecule has 1 saturated heterocycles. The van der Waals surface area contributed by atoms with E-state index in [4.69, 9.17) is 4.74 Å². The van der Waals surface area contributed by atoms with Crippen LogP contribution in [0.1, 0.15) is 49.1 Å². The van der Waals surface area contributed by atoms with Crippen LogP contribution in [0, 0.1) is 0 Å². The van der Waals surface area contributed by atoms with Crippen molar-refractivity contribution in [2.24, 2.45) is 0 Å². The van der Waals surface area contributed by atoms with E-state index in [0.717, 1.165) is 25.2 Å². The summed E-state index contributed by atoms with van der Waals surface area (Å²) in [5.41, 5.74) is 0. The molecule has 1 aromatic heterocycles. The van der Waals surface area contributed by atoms with Gasteiger partial charge in [-0.2, -0.15) is 0 Å². The smallest absolute Gasteiger partial charge is 0.293 e. The molecule has 1 unspecified atom stereocenters. The van der Waals surface area contributed by atoms with Crippen molar-refractivity contribution < 1.29 is 9.53 Å². The van der Waals surface area contributed by atoms with Crippen LogP contribution in [0.5, 0.6) is 0 Å². The molecule has 1 aliphatic rings. The van der Waals surface area contributed by atoms with Crippen molar-refractivity contribution >= 4 is 5.91 Å². The van der Waals surface area contributed by atoms with E-state index in [9.17, 15) is 4.79 Å². The Labute approximate surface area is 125 Å². The predicted molar refractivity (Wildman–Crippen MR) is 79.3 cm³/mol. The van der Waals surface area contributed by atoms with E-state index in [-0.39, 0.29) is 17.6 Å². The van der Waals surface area contributed by atoms with Gasteiger partial charge in [0.15, 0.2) is 0 Å². The van der Waals surface area contributed by atoms with Gasteiger partial charge in [0.25, 0.3) is 5.91 Å². The molecule has 0 bridgehead atoms. The van der Waals surface area contributed by atoms with Crippen LogP contribution >= 0.6 is 0 Å². The van der Waals surface area contributed by atoms with Crippen LogP contribution in [0.4, 0.5) is 0 Å². The number of methoxy groups -OCH3 is 1. The van der Waals surface area contributed by atoms with Crippen molar-refractivity contribution in [3.8, 4) is 0 Å². The molecule has 2 N–H and O–H groups in total. The summed E-state index contributed by atoms with van der Waals surface area (Å²) >= 11 is 0. The maximum atomic E-state index is 12.6. The van der Waals surface area contributed by atoms with Gasteiger partial charge in [0, 0.05) is 32.2 Å². The van der Waals surface area contributed by atoms with Crippen LogP contribution in [0.15, 0.2) is 0 Å². The van der Waals surface area contributed by atoms with Gasteiger partial charge in [-0.15, -0.1) is 5.10 Å². The molecule has 21 heavy (non-hydrogen) atoms. The summed E-state index contributed by atoms with van der Waals surface area (Å²) in [5.74, 6) is 1.07. The molecule has 1 amide bonds. The lowest BCUT2D eigenvalue weighted by Gasteiger charge is -2.24. The lowest BCUT2D eigenvalue weighted by Crippen LogP contribution is -2.43. The molecule has 2 heterocycles. The van der Waals surface area contributed by atoms with E-state index in [1.165, 1.54) is 0 Å². The second kappa shape index (κ2) is 7.51. The zero-order valence-electron chi connectivity index (χ0n) is 13.1. The number of carbonyl (C=O) groups is 1. The summed E-state index contributed by atoms with van der Waals surface area (Å²) < 4.78 is 5.10. The molecule has 0 aliphatic carbocycles. The maximum Gasteiger partial charge on any atom is 0.293 e. The number of hydrogen-bond donors (Lipinski definition) is 2. The average Bonchev–Trinajstić information content (AvgIpc) is 3.13. The van der Waals surface area contributed by atoms with Gasteiger partial charge in [-0.05, 0) is 19.4 Å². The number of rotatable bonds is 7. The third-order valence-corrected chi connectivity index (χ3v) is 3.70. The first-order valence-electron chi connectivity index (χ1n) is 7.55. The van der Waals surface area contributed by atoms with Gasteiger partial charge >= 0.3 is 0 Å². The quantitative estimate of drug-likeness (QED) is 0.776. The van der Waals surface area contributed by atoms with Gasteiger partial charge in [-0.1, -0.05) is 13.8 Å². The fraction of sp³-hybridized carbons (Fsp3) is 0.786. The maximum absolute atomic E-state index is 12.6. The van der Waals surface area contributed by atoms with Crippen LogP contribution in [0.3, 0.4) is 0 Å².